The number of esters is 1. The minimum Gasteiger partial charge on any atom is -0.457 e. The zero-order valence-corrected chi connectivity index (χ0v) is 14.8. The summed E-state index contributed by atoms with van der Waals surface area (Å²) in [6.07, 6.45) is 5.98. The molecule has 0 unspecified atom stereocenters. The molecule has 0 bridgehead atoms. The van der Waals surface area contributed by atoms with Gasteiger partial charge in [0.05, 0.1) is 0 Å². The van der Waals surface area contributed by atoms with E-state index in [1.54, 1.807) is 12.1 Å². The van der Waals surface area contributed by atoms with Gasteiger partial charge in [0.25, 0.3) is 0 Å². The molecule has 1 aromatic rings. The lowest BCUT2D eigenvalue weighted by Gasteiger charge is -2.18. The molecular weight excluding hydrogens is 288 g/mol. The van der Waals surface area contributed by atoms with Crippen LogP contribution in [0.1, 0.15) is 57.5 Å². The van der Waals surface area contributed by atoms with Crippen molar-refractivity contribution >= 4 is 17.8 Å². The highest BCUT2D eigenvalue weighted by Gasteiger charge is 2.15. The van der Waals surface area contributed by atoms with E-state index in [0.717, 1.165) is 17.4 Å². The van der Waals surface area contributed by atoms with Crippen LogP contribution in [0.3, 0.4) is 0 Å². The molecule has 0 radical (unpaired) electrons. The van der Waals surface area contributed by atoms with Crippen LogP contribution in [0, 0.1) is 5.41 Å². The van der Waals surface area contributed by atoms with Gasteiger partial charge in [-0.25, -0.2) is 4.79 Å². The van der Waals surface area contributed by atoms with Crippen LogP contribution in [-0.4, -0.2) is 17.9 Å². The number of hydrogen-bond donors (Lipinski definition) is 0. The van der Waals surface area contributed by atoms with Gasteiger partial charge in [-0.05, 0) is 43.4 Å². The molecule has 0 saturated carbocycles. The molecule has 0 atom stereocenters. The van der Waals surface area contributed by atoms with Crippen LogP contribution in [0.2, 0.25) is 0 Å². The van der Waals surface area contributed by atoms with E-state index >= 15 is 0 Å². The van der Waals surface area contributed by atoms with Crippen molar-refractivity contribution in [2.75, 3.05) is 0 Å². The normalized spacial score (nSPS) is 13.2. The number of carbonyl (C=O) groups excluding carboxylic acids is 2. The maximum atomic E-state index is 11.9. The average Bonchev–Trinajstić information content (AvgIpc) is 2.40. The van der Waals surface area contributed by atoms with Crippen molar-refractivity contribution in [2.45, 2.75) is 47.1 Å². The van der Waals surface area contributed by atoms with Crippen molar-refractivity contribution < 1.29 is 14.3 Å². The fraction of sp³-hybridized carbons (Fsp3) is 0.400. The number of aldehydes is 1. The quantitative estimate of drug-likeness (QED) is 0.346. The molecule has 0 aliphatic carbocycles. The van der Waals surface area contributed by atoms with Crippen molar-refractivity contribution in [1.82, 2.24) is 0 Å². The van der Waals surface area contributed by atoms with Gasteiger partial charge in [-0.1, -0.05) is 51.1 Å². The molecule has 0 aliphatic heterocycles. The second-order valence-corrected chi connectivity index (χ2v) is 7.54. The zero-order chi connectivity index (χ0) is 17.7. The third-order valence-corrected chi connectivity index (χ3v) is 2.79. The van der Waals surface area contributed by atoms with Crippen molar-refractivity contribution in [3.8, 4) is 0 Å². The van der Waals surface area contributed by atoms with Crippen LogP contribution in [-0.2, 0) is 9.53 Å². The van der Waals surface area contributed by atoms with E-state index in [0.29, 0.717) is 5.56 Å². The number of allylic oxidation sites excluding steroid dienone is 3. The first kappa shape index (κ1) is 18.9. The third-order valence-electron chi connectivity index (χ3n) is 2.79. The second kappa shape index (κ2) is 7.40. The summed E-state index contributed by atoms with van der Waals surface area (Å²) in [5.74, 6) is -0.402. The average molecular weight is 314 g/mol. The van der Waals surface area contributed by atoms with Crippen LogP contribution in [0.25, 0.3) is 5.57 Å². The number of rotatable bonds is 4. The lowest BCUT2D eigenvalue weighted by molar-refractivity contribution is -0.148. The third kappa shape index (κ3) is 7.09. The predicted molar refractivity (Wildman–Crippen MR) is 94.2 cm³/mol. The van der Waals surface area contributed by atoms with Gasteiger partial charge in [0.2, 0.25) is 0 Å². The molecule has 3 heteroatoms. The fourth-order valence-corrected chi connectivity index (χ4v) is 2.04. The molecule has 0 N–H and O–H groups in total. The summed E-state index contributed by atoms with van der Waals surface area (Å²) in [6.45, 7) is 11.7. The van der Waals surface area contributed by atoms with E-state index in [-0.39, 0.29) is 5.41 Å². The first-order chi connectivity index (χ1) is 10.5. The summed E-state index contributed by atoms with van der Waals surface area (Å²) in [5, 5.41) is 0. The van der Waals surface area contributed by atoms with Crippen molar-refractivity contribution in [1.29, 1.82) is 0 Å². The van der Waals surface area contributed by atoms with E-state index in [1.165, 1.54) is 6.08 Å². The largest absolute Gasteiger partial charge is 0.457 e. The van der Waals surface area contributed by atoms with Gasteiger partial charge in [-0.2, -0.15) is 0 Å². The molecular formula is C20H26O3. The Bertz CT molecular complexity index is 623. The SMILES string of the molecule is CC(C)(C)/C=C(/C=C/C(=O)OC(C)(C)C)c1ccccc1C=O. The highest BCUT2D eigenvalue weighted by Crippen LogP contribution is 2.26. The van der Waals surface area contributed by atoms with Crippen LogP contribution in [0.15, 0.2) is 42.5 Å². The number of benzene rings is 1. The van der Waals surface area contributed by atoms with Gasteiger partial charge in [-0.15, -0.1) is 0 Å². The van der Waals surface area contributed by atoms with Crippen molar-refractivity contribution in [3.05, 3.63) is 53.6 Å². The molecule has 0 heterocycles. The van der Waals surface area contributed by atoms with E-state index in [1.807, 2.05) is 45.0 Å². The maximum Gasteiger partial charge on any atom is 0.331 e. The summed E-state index contributed by atoms with van der Waals surface area (Å²) in [6, 6.07) is 7.33. The Morgan fingerprint density at radius 2 is 1.61 bits per heavy atom. The van der Waals surface area contributed by atoms with E-state index in [9.17, 15) is 9.59 Å². The summed E-state index contributed by atoms with van der Waals surface area (Å²) in [4.78, 5) is 23.2. The van der Waals surface area contributed by atoms with Crippen LogP contribution in [0.5, 0.6) is 0 Å². The Labute approximate surface area is 139 Å². The van der Waals surface area contributed by atoms with Crippen molar-refractivity contribution in [2.24, 2.45) is 5.41 Å². The molecule has 0 aliphatic rings. The number of ether oxygens (including phenoxy) is 1. The molecule has 3 nitrogen and oxygen atoms in total. The Hall–Kier alpha value is -2.16. The smallest absolute Gasteiger partial charge is 0.331 e. The van der Waals surface area contributed by atoms with Gasteiger partial charge < -0.3 is 4.74 Å². The Morgan fingerprint density at radius 1 is 1.00 bits per heavy atom. The fourth-order valence-electron chi connectivity index (χ4n) is 2.04. The molecule has 1 aromatic carbocycles. The zero-order valence-electron chi connectivity index (χ0n) is 14.8. The topological polar surface area (TPSA) is 43.4 Å². The number of hydrogen-bond acceptors (Lipinski definition) is 3. The molecule has 0 amide bonds. The van der Waals surface area contributed by atoms with E-state index in [4.69, 9.17) is 4.74 Å². The molecule has 1 rings (SSSR count). The van der Waals surface area contributed by atoms with Gasteiger partial charge in [-0.3, -0.25) is 4.79 Å². The summed E-state index contributed by atoms with van der Waals surface area (Å²) in [7, 11) is 0. The lowest BCUT2D eigenvalue weighted by atomic mass is 9.89. The van der Waals surface area contributed by atoms with Crippen molar-refractivity contribution in [3.63, 3.8) is 0 Å². The molecule has 124 valence electrons. The summed E-state index contributed by atoms with van der Waals surface area (Å²) in [5.41, 5.74) is 1.60. The first-order valence-electron chi connectivity index (χ1n) is 7.70. The minimum absolute atomic E-state index is 0.0936. The van der Waals surface area contributed by atoms with Crippen LogP contribution < -0.4 is 0 Å². The first-order valence-corrected chi connectivity index (χ1v) is 7.70. The van der Waals surface area contributed by atoms with Gasteiger partial charge in [0.15, 0.2) is 6.29 Å². The monoisotopic (exact) mass is 314 g/mol. The minimum atomic E-state index is -0.532. The Kier molecular flexibility index (Phi) is 6.08. The Morgan fingerprint density at radius 3 is 2.13 bits per heavy atom. The molecule has 0 fully saturated rings. The van der Waals surface area contributed by atoms with E-state index < -0.39 is 11.6 Å². The summed E-state index contributed by atoms with van der Waals surface area (Å²) < 4.78 is 5.29. The predicted octanol–water partition coefficient (Wildman–Crippen LogP) is 4.83. The van der Waals surface area contributed by atoms with Gasteiger partial charge in [0.1, 0.15) is 5.60 Å². The summed E-state index contributed by atoms with van der Waals surface area (Å²) >= 11 is 0. The molecule has 0 spiro atoms. The molecule has 0 saturated heterocycles. The number of carbonyl (C=O) groups is 2. The molecule has 0 aromatic heterocycles. The van der Waals surface area contributed by atoms with Crippen LogP contribution in [0.4, 0.5) is 0 Å². The second-order valence-electron chi connectivity index (χ2n) is 7.54. The van der Waals surface area contributed by atoms with E-state index in [2.05, 4.69) is 20.8 Å². The van der Waals surface area contributed by atoms with Crippen LogP contribution >= 0.6 is 0 Å². The molecule has 23 heavy (non-hydrogen) atoms. The van der Waals surface area contributed by atoms with Gasteiger partial charge in [0, 0.05) is 11.6 Å². The standard InChI is InChI=1S/C20H26O3/c1-19(2,3)13-15(11-12-18(22)23-20(4,5)6)17-10-8-7-9-16(17)14-21/h7-14H,1-6H3/b12-11+,15-13-. The Balaban J connectivity index is 3.21. The maximum absolute atomic E-state index is 11.9. The lowest BCUT2D eigenvalue weighted by Crippen LogP contribution is -2.22. The highest BCUT2D eigenvalue weighted by molar-refractivity contribution is 5.92. The van der Waals surface area contributed by atoms with Gasteiger partial charge >= 0.3 is 5.97 Å². The highest BCUT2D eigenvalue weighted by atomic mass is 16.6.